The van der Waals surface area contributed by atoms with Crippen LogP contribution in [0, 0.1) is 12.8 Å². The molecule has 5 aromatic rings. The summed E-state index contributed by atoms with van der Waals surface area (Å²) in [5.41, 5.74) is 4.88. The summed E-state index contributed by atoms with van der Waals surface area (Å²) in [5.74, 6) is -1.20. The van der Waals surface area contributed by atoms with Crippen LogP contribution >= 0.6 is 11.3 Å². The summed E-state index contributed by atoms with van der Waals surface area (Å²) in [6.07, 6.45) is 3.71. The fourth-order valence-electron chi connectivity index (χ4n) is 5.39. The van der Waals surface area contributed by atoms with Crippen LogP contribution in [0.2, 0.25) is 0 Å². The molecule has 0 fully saturated rings. The maximum absolute atomic E-state index is 13.7. The number of hydrogen-bond acceptors (Lipinski definition) is 9. The van der Waals surface area contributed by atoms with E-state index in [1.54, 1.807) is 41.1 Å². The van der Waals surface area contributed by atoms with E-state index in [9.17, 15) is 14.4 Å². The molecule has 12 heteroatoms. The number of hydrogen-bond donors (Lipinski definition) is 3. The van der Waals surface area contributed by atoms with Gasteiger partial charge in [-0.25, -0.2) is 14.5 Å². The normalized spacial score (nSPS) is 13.7. The minimum absolute atomic E-state index is 0.108. The Hall–Kier alpha value is -4.42. The Labute approximate surface area is 264 Å². The Bertz CT molecular complexity index is 1910. The number of aromatic nitrogens is 4. The zero-order valence-corrected chi connectivity index (χ0v) is 26.9. The number of nitrogens with one attached hydrogen (secondary N) is 2. The van der Waals surface area contributed by atoms with Crippen molar-refractivity contribution in [2.45, 2.75) is 78.4 Å². The van der Waals surface area contributed by atoms with Gasteiger partial charge in [-0.05, 0) is 61.6 Å². The predicted octanol–water partition coefficient (Wildman–Crippen LogP) is 5.96. The van der Waals surface area contributed by atoms with E-state index in [1.807, 2.05) is 17.8 Å². The van der Waals surface area contributed by atoms with Crippen molar-refractivity contribution in [2.24, 2.45) is 5.92 Å². The van der Waals surface area contributed by atoms with Crippen LogP contribution in [0.3, 0.4) is 0 Å². The Morgan fingerprint density at radius 3 is 2.71 bits per heavy atom. The first-order chi connectivity index (χ1) is 21.5. The third-order valence-electron chi connectivity index (χ3n) is 8.59. The molecule has 0 radical (unpaired) electrons. The second-order valence-electron chi connectivity index (χ2n) is 11.9. The molecule has 236 valence electrons. The van der Waals surface area contributed by atoms with Gasteiger partial charge in [0.2, 0.25) is 5.91 Å². The quantitative estimate of drug-likeness (QED) is 0.134. The minimum Gasteiger partial charge on any atom is -0.481 e. The first kappa shape index (κ1) is 32.0. The molecule has 0 saturated carbocycles. The number of carboxylic acids is 1. The third kappa shape index (κ3) is 6.81. The lowest BCUT2D eigenvalue weighted by molar-refractivity contribution is -0.136. The minimum atomic E-state index is -1.11. The van der Waals surface area contributed by atoms with Crippen molar-refractivity contribution in [2.75, 3.05) is 5.32 Å². The van der Waals surface area contributed by atoms with Crippen molar-refractivity contribution in [1.82, 2.24) is 25.3 Å². The molecule has 2 aromatic carbocycles. The molecule has 0 aliphatic carbocycles. The van der Waals surface area contributed by atoms with Crippen LogP contribution in [0.15, 0.2) is 57.3 Å². The van der Waals surface area contributed by atoms with Gasteiger partial charge >= 0.3 is 11.6 Å². The number of rotatable bonds is 13. The Kier molecular flexibility index (Phi) is 9.45. The Balaban J connectivity index is 1.37. The maximum atomic E-state index is 13.7. The number of carboxylic acid groups (broad SMARTS) is 1. The molecule has 45 heavy (non-hydrogen) atoms. The second-order valence-corrected chi connectivity index (χ2v) is 12.8. The molecule has 3 N–H and O–H groups in total. The average Bonchev–Trinajstić information content (AvgIpc) is 3.68. The average molecular weight is 631 g/mol. The van der Waals surface area contributed by atoms with Crippen LogP contribution in [0.25, 0.3) is 21.2 Å². The van der Waals surface area contributed by atoms with E-state index in [0.29, 0.717) is 29.6 Å². The van der Waals surface area contributed by atoms with E-state index in [2.05, 4.69) is 65.8 Å². The van der Waals surface area contributed by atoms with Crippen LogP contribution < -0.4 is 16.3 Å². The number of anilines is 1. The molecule has 3 heterocycles. The van der Waals surface area contributed by atoms with Gasteiger partial charge in [-0.3, -0.25) is 9.59 Å². The van der Waals surface area contributed by atoms with Gasteiger partial charge in [0.05, 0.1) is 39.4 Å². The zero-order chi connectivity index (χ0) is 32.3. The lowest BCUT2D eigenvalue weighted by atomic mass is 9.85. The molecular weight excluding hydrogens is 592 g/mol. The largest absolute Gasteiger partial charge is 0.481 e. The molecule has 0 aliphatic rings. The van der Waals surface area contributed by atoms with Crippen LogP contribution in [0.5, 0.6) is 0 Å². The highest BCUT2D eigenvalue weighted by molar-refractivity contribution is 7.16. The number of benzene rings is 2. The Morgan fingerprint density at radius 1 is 1.18 bits per heavy atom. The van der Waals surface area contributed by atoms with Gasteiger partial charge in [0.1, 0.15) is 17.3 Å². The van der Waals surface area contributed by atoms with Gasteiger partial charge < -0.3 is 20.2 Å². The molecule has 11 nitrogen and oxygen atoms in total. The highest BCUT2D eigenvalue weighted by Gasteiger charge is 2.34. The number of thiazole rings is 1. The van der Waals surface area contributed by atoms with Crippen molar-refractivity contribution in [1.29, 1.82) is 0 Å². The summed E-state index contributed by atoms with van der Waals surface area (Å²) < 4.78 is 8.21. The van der Waals surface area contributed by atoms with E-state index < -0.39 is 29.6 Å². The molecule has 0 spiro atoms. The van der Waals surface area contributed by atoms with E-state index >= 15 is 0 Å². The number of amides is 1. The van der Waals surface area contributed by atoms with Crippen molar-refractivity contribution in [3.05, 3.63) is 80.9 Å². The maximum Gasteiger partial charge on any atom is 0.340 e. The SMILES string of the molecule is CCCC[C@@H](C(=O)Nc1ccc2c(C)c(CC(=O)O)c(=O)oc2c1)n1cc([C@@](C)(NCc2ccc3ncsc3c2)C(C)C)nn1. The molecular formula is C33H38N6O5S. The van der Waals surface area contributed by atoms with Crippen LogP contribution in [0.1, 0.15) is 75.4 Å². The number of aliphatic carboxylic acids is 1. The number of carbonyl (C=O) groups excluding carboxylic acids is 1. The first-order valence-corrected chi connectivity index (χ1v) is 16.0. The summed E-state index contributed by atoms with van der Waals surface area (Å²) in [5, 5.41) is 25.4. The van der Waals surface area contributed by atoms with Crippen molar-refractivity contribution < 1.29 is 19.1 Å². The van der Waals surface area contributed by atoms with Crippen molar-refractivity contribution in [3.63, 3.8) is 0 Å². The van der Waals surface area contributed by atoms with Gasteiger partial charge in [-0.1, -0.05) is 44.9 Å². The number of fused-ring (bicyclic) bond motifs is 2. The lowest BCUT2D eigenvalue weighted by Crippen LogP contribution is -2.44. The highest BCUT2D eigenvalue weighted by Crippen LogP contribution is 2.30. The van der Waals surface area contributed by atoms with Gasteiger partial charge in [0, 0.05) is 23.7 Å². The van der Waals surface area contributed by atoms with E-state index in [-0.39, 0.29) is 23.0 Å². The molecule has 3 aromatic heterocycles. The number of unbranched alkanes of at least 4 members (excludes halogenated alkanes) is 1. The topological polar surface area (TPSA) is 152 Å². The van der Waals surface area contributed by atoms with Crippen molar-refractivity contribution in [3.8, 4) is 0 Å². The number of aryl methyl sites for hydroxylation is 1. The summed E-state index contributed by atoms with van der Waals surface area (Å²) in [4.78, 5) is 41.7. The van der Waals surface area contributed by atoms with Gasteiger partial charge in [-0.2, -0.15) is 0 Å². The molecule has 0 bridgehead atoms. The first-order valence-electron chi connectivity index (χ1n) is 15.1. The van der Waals surface area contributed by atoms with E-state index in [1.165, 1.54) is 0 Å². The van der Waals surface area contributed by atoms with Gasteiger partial charge in [-0.15, -0.1) is 16.4 Å². The molecule has 2 atom stereocenters. The second kappa shape index (κ2) is 13.3. The number of carbonyl (C=O) groups is 2. The van der Waals surface area contributed by atoms with E-state index in [0.717, 1.165) is 34.3 Å². The van der Waals surface area contributed by atoms with Gasteiger partial charge in [0.15, 0.2) is 0 Å². The molecule has 0 aliphatic heterocycles. The highest BCUT2D eigenvalue weighted by atomic mass is 32.1. The smallest absolute Gasteiger partial charge is 0.340 e. The Morgan fingerprint density at radius 2 is 1.98 bits per heavy atom. The third-order valence-corrected chi connectivity index (χ3v) is 9.38. The number of nitrogens with zero attached hydrogens (tertiary/aromatic N) is 4. The standard InChI is InChI=1S/C33H38N6O5S/c1-6-7-8-26(31(42)36-22-10-11-23-20(4)24(15-30(40)41)32(43)44-27(23)14-22)39-17-29(37-38-39)33(5,19(2)3)35-16-21-9-12-25-28(13-21)45-18-34-25/h9-14,17-19,26,35H,6-8,15-16H2,1-5H3,(H,36,42)(H,40,41)/t26-,33-/m0/s1. The molecule has 0 unspecified atom stereocenters. The van der Waals surface area contributed by atoms with Crippen LogP contribution in [0.4, 0.5) is 5.69 Å². The summed E-state index contributed by atoms with van der Waals surface area (Å²) in [6.45, 7) is 10.7. The van der Waals surface area contributed by atoms with Crippen LogP contribution in [-0.2, 0) is 28.1 Å². The molecule has 0 saturated heterocycles. The molecule has 1 amide bonds. The summed E-state index contributed by atoms with van der Waals surface area (Å²) in [6, 6.07) is 10.7. The van der Waals surface area contributed by atoms with Gasteiger partial charge in [0.25, 0.3) is 0 Å². The predicted molar refractivity (Wildman–Crippen MR) is 174 cm³/mol. The lowest BCUT2D eigenvalue weighted by Gasteiger charge is -2.33. The van der Waals surface area contributed by atoms with E-state index in [4.69, 9.17) is 9.52 Å². The zero-order valence-electron chi connectivity index (χ0n) is 26.1. The van der Waals surface area contributed by atoms with Crippen molar-refractivity contribution >= 4 is 50.1 Å². The summed E-state index contributed by atoms with van der Waals surface area (Å²) in [7, 11) is 0. The summed E-state index contributed by atoms with van der Waals surface area (Å²) >= 11 is 1.62. The monoisotopic (exact) mass is 630 g/mol. The fraction of sp³-hybridized carbons (Fsp3) is 0.394. The van der Waals surface area contributed by atoms with Crippen LogP contribution in [-0.4, -0.2) is 37.0 Å². The molecule has 5 rings (SSSR count). The fourth-order valence-corrected chi connectivity index (χ4v) is 6.13.